The standard InChI is InChI=1S/C10H20N2O2S/c1-3-15-7-8(2)12-10(13)9-6-14-5-4-11-9/h8-9,11H,3-7H2,1-2H3,(H,12,13). The van der Waals surface area contributed by atoms with Crippen molar-refractivity contribution in [2.75, 3.05) is 31.3 Å². The molecule has 88 valence electrons. The summed E-state index contributed by atoms with van der Waals surface area (Å²) < 4.78 is 5.24. The van der Waals surface area contributed by atoms with Crippen LogP contribution in [0, 0.1) is 0 Å². The predicted octanol–water partition coefficient (Wildman–Crippen LogP) is 0.233. The average Bonchev–Trinajstić information content (AvgIpc) is 2.27. The number of ether oxygens (including phenoxy) is 1. The van der Waals surface area contributed by atoms with E-state index in [1.54, 1.807) is 0 Å². The number of amides is 1. The van der Waals surface area contributed by atoms with E-state index in [1.165, 1.54) is 0 Å². The van der Waals surface area contributed by atoms with Gasteiger partial charge in [0, 0.05) is 18.3 Å². The highest BCUT2D eigenvalue weighted by atomic mass is 32.2. The van der Waals surface area contributed by atoms with Gasteiger partial charge in [0.2, 0.25) is 5.91 Å². The number of morpholine rings is 1. The molecule has 0 bridgehead atoms. The Balaban J connectivity index is 2.21. The summed E-state index contributed by atoms with van der Waals surface area (Å²) in [6.07, 6.45) is 0. The van der Waals surface area contributed by atoms with Crippen molar-refractivity contribution in [3.05, 3.63) is 0 Å². The molecular weight excluding hydrogens is 212 g/mol. The lowest BCUT2D eigenvalue weighted by Crippen LogP contribution is -2.53. The molecule has 0 saturated carbocycles. The van der Waals surface area contributed by atoms with Gasteiger partial charge in [-0.25, -0.2) is 0 Å². The van der Waals surface area contributed by atoms with E-state index in [1.807, 2.05) is 18.7 Å². The van der Waals surface area contributed by atoms with Crippen LogP contribution in [0.2, 0.25) is 0 Å². The fraction of sp³-hybridized carbons (Fsp3) is 0.900. The number of rotatable bonds is 5. The van der Waals surface area contributed by atoms with Crippen LogP contribution < -0.4 is 10.6 Å². The van der Waals surface area contributed by atoms with Crippen LogP contribution >= 0.6 is 11.8 Å². The summed E-state index contributed by atoms with van der Waals surface area (Å²) in [5.41, 5.74) is 0. The third-order valence-corrected chi connectivity index (χ3v) is 3.34. The lowest BCUT2D eigenvalue weighted by atomic mass is 10.2. The van der Waals surface area contributed by atoms with Crippen LogP contribution in [0.4, 0.5) is 0 Å². The number of carbonyl (C=O) groups excluding carboxylic acids is 1. The Hall–Kier alpha value is -0.260. The molecule has 4 nitrogen and oxygen atoms in total. The van der Waals surface area contributed by atoms with Crippen molar-refractivity contribution in [1.82, 2.24) is 10.6 Å². The van der Waals surface area contributed by atoms with Crippen LogP contribution in [0.3, 0.4) is 0 Å². The molecule has 0 aromatic heterocycles. The Morgan fingerprint density at radius 2 is 2.53 bits per heavy atom. The van der Waals surface area contributed by atoms with Gasteiger partial charge in [-0.15, -0.1) is 0 Å². The lowest BCUT2D eigenvalue weighted by Gasteiger charge is -2.24. The molecule has 1 amide bonds. The lowest BCUT2D eigenvalue weighted by molar-refractivity contribution is -0.126. The number of thioether (sulfide) groups is 1. The van der Waals surface area contributed by atoms with Crippen molar-refractivity contribution in [1.29, 1.82) is 0 Å². The summed E-state index contributed by atoms with van der Waals surface area (Å²) in [6, 6.07) is 0.0546. The van der Waals surface area contributed by atoms with Crippen molar-refractivity contribution in [2.24, 2.45) is 0 Å². The van der Waals surface area contributed by atoms with E-state index >= 15 is 0 Å². The largest absolute Gasteiger partial charge is 0.378 e. The zero-order valence-electron chi connectivity index (χ0n) is 9.41. The third-order valence-electron chi connectivity index (χ3n) is 2.20. The van der Waals surface area contributed by atoms with Gasteiger partial charge in [-0.1, -0.05) is 6.92 Å². The van der Waals surface area contributed by atoms with Gasteiger partial charge in [-0.05, 0) is 12.7 Å². The van der Waals surface area contributed by atoms with Crippen LogP contribution in [0.25, 0.3) is 0 Å². The van der Waals surface area contributed by atoms with Gasteiger partial charge in [-0.3, -0.25) is 4.79 Å². The van der Waals surface area contributed by atoms with Gasteiger partial charge < -0.3 is 15.4 Å². The molecule has 1 rings (SSSR count). The zero-order valence-corrected chi connectivity index (χ0v) is 10.2. The molecule has 1 aliphatic rings. The molecule has 0 radical (unpaired) electrons. The van der Waals surface area contributed by atoms with E-state index in [0.29, 0.717) is 13.2 Å². The first-order valence-electron chi connectivity index (χ1n) is 5.43. The SMILES string of the molecule is CCSCC(C)NC(=O)C1COCCN1. The summed E-state index contributed by atoms with van der Waals surface area (Å²) in [4.78, 5) is 11.7. The minimum absolute atomic E-state index is 0.0545. The van der Waals surface area contributed by atoms with Crippen LogP contribution in [0.5, 0.6) is 0 Å². The van der Waals surface area contributed by atoms with Crippen LogP contribution in [-0.4, -0.2) is 49.3 Å². The van der Waals surface area contributed by atoms with Gasteiger partial charge >= 0.3 is 0 Å². The van der Waals surface area contributed by atoms with E-state index in [4.69, 9.17) is 4.74 Å². The normalized spacial score (nSPS) is 23.5. The van der Waals surface area contributed by atoms with E-state index in [0.717, 1.165) is 18.1 Å². The van der Waals surface area contributed by atoms with Crippen molar-refractivity contribution in [2.45, 2.75) is 25.9 Å². The predicted molar refractivity (Wildman–Crippen MR) is 63.2 cm³/mol. The van der Waals surface area contributed by atoms with Crippen LogP contribution in [0.15, 0.2) is 0 Å². The highest BCUT2D eigenvalue weighted by molar-refractivity contribution is 7.99. The maximum absolute atomic E-state index is 11.7. The third kappa shape index (κ3) is 4.86. The van der Waals surface area contributed by atoms with E-state index in [-0.39, 0.29) is 18.0 Å². The molecule has 2 unspecified atom stereocenters. The van der Waals surface area contributed by atoms with Gasteiger partial charge in [0.05, 0.1) is 13.2 Å². The maximum Gasteiger partial charge on any atom is 0.239 e. The quantitative estimate of drug-likeness (QED) is 0.712. The van der Waals surface area contributed by atoms with Crippen molar-refractivity contribution < 1.29 is 9.53 Å². The van der Waals surface area contributed by atoms with Gasteiger partial charge in [0.1, 0.15) is 6.04 Å². The summed E-state index contributed by atoms with van der Waals surface area (Å²) in [7, 11) is 0. The second-order valence-corrected chi connectivity index (χ2v) is 4.97. The van der Waals surface area contributed by atoms with Gasteiger partial charge in [-0.2, -0.15) is 11.8 Å². The number of nitrogens with one attached hydrogen (secondary N) is 2. The van der Waals surface area contributed by atoms with Gasteiger partial charge in [0.25, 0.3) is 0 Å². The minimum atomic E-state index is -0.173. The average molecular weight is 232 g/mol. The summed E-state index contributed by atoms with van der Waals surface area (Å²) in [5, 5.41) is 6.12. The summed E-state index contributed by atoms with van der Waals surface area (Å²) in [5.74, 6) is 2.11. The first kappa shape index (κ1) is 12.8. The molecule has 0 spiro atoms. The van der Waals surface area contributed by atoms with Crippen molar-refractivity contribution in [3.8, 4) is 0 Å². The molecule has 15 heavy (non-hydrogen) atoms. The highest BCUT2D eigenvalue weighted by Crippen LogP contribution is 2.02. The summed E-state index contributed by atoms with van der Waals surface area (Å²) in [6.45, 7) is 6.10. The Labute approximate surface area is 95.5 Å². The van der Waals surface area contributed by atoms with E-state index < -0.39 is 0 Å². The number of hydrogen-bond acceptors (Lipinski definition) is 4. The molecule has 0 aliphatic carbocycles. The molecular formula is C10H20N2O2S. The number of carbonyl (C=O) groups is 1. The smallest absolute Gasteiger partial charge is 0.239 e. The Kier molecular flexibility index (Phi) is 6.05. The molecule has 0 aromatic carbocycles. The van der Waals surface area contributed by atoms with E-state index in [2.05, 4.69) is 17.6 Å². The maximum atomic E-state index is 11.7. The second kappa shape index (κ2) is 7.09. The summed E-state index contributed by atoms with van der Waals surface area (Å²) >= 11 is 1.84. The fourth-order valence-electron chi connectivity index (χ4n) is 1.41. The molecule has 1 aliphatic heterocycles. The molecule has 1 fully saturated rings. The van der Waals surface area contributed by atoms with E-state index in [9.17, 15) is 4.79 Å². The monoisotopic (exact) mass is 232 g/mol. The Morgan fingerprint density at radius 3 is 3.13 bits per heavy atom. The van der Waals surface area contributed by atoms with Crippen molar-refractivity contribution >= 4 is 17.7 Å². The minimum Gasteiger partial charge on any atom is -0.378 e. The molecule has 2 atom stereocenters. The Morgan fingerprint density at radius 1 is 1.73 bits per heavy atom. The number of hydrogen-bond donors (Lipinski definition) is 2. The molecule has 1 saturated heterocycles. The Bertz CT molecular complexity index is 196. The van der Waals surface area contributed by atoms with Crippen LogP contribution in [0.1, 0.15) is 13.8 Å². The fourth-order valence-corrected chi connectivity index (χ4v) is 2.09. The molecule has 5 heteroatoms. The van der Waals surface area contributed by atoms with Crippen LogP contribution in [-0.2, 0) is 9.53 Å². The zero-order chi connectivity index (χ0) is 11.1. The first-order valence-corrected chi connectivity index (χ1v) is 6.58. The van der Waals surface area contributed by atoms with Gasteiger partial charge in [0.15, 0.2) is 0 Å². The first-order chi connectivity index (χ1) is 7.24. The van der Waals surface area contributed by atoms with Crippen molar-refractivity contribution in [3.63, 3.8) is 0 Å². The molecule has 2 N–H and O–H groups in total. The highest BCUT2D eigenvalue weighted by Gasteiger charge is 2.21. The second-order valence-electron chi connectivity index (χ2n) is 3.65. The molecule has 1 heterocycles. The topological polar surface area (TPSA) is 50.4 Å². The molecule has 0 aromatic rings.